The molecule has 0 aliphatic carbocycles. The second kappa shape index (κ2) is 12.8. The number of nitrogens with zero attached hydrogens (tertiary/aromatic N) is 2. The summed E-state index contributed by atoms with van der Waals surface area (Å²) >= 11 is 0. The lowest BCUT2D eigenvalue weighted by Crippen LogP contribution is -2.38. The maximum absolute atomic E-state index is 11.9. The fourth-order valence-electron chi connectivity index (χ4n) is 2.88. The van der Waals surface area contributed by atoms with Crippen LogP contribution in [0.1, 0.15) is 26.2 Å². The maximum atomic E-state index is 11.9. The van der Waals surface area contributed by atoms with Gasteiger partial charge in [-0.25, -0.2) is 4.79 Å². The highest BCUT2D eigenvalue weighted by atomic mass is 16.5. The van der Waals surface area contributed by atoms with Gasteiger partial charge < -0.3 is 25.2 Å². The Balaban J connectivity index is 1.63. The first kappa shape index (κ1) is 24.5. The molecule has 31 heavy (non-hydrogen) atoms. The van der Waals surface area contributed by atoms with E-state index in [0.29, 0.717) is 37.8 Å². The van der Waals surface area contributed by atoms with Crippen LogP contribution in [0.15, 0.2) is 39.9 Å². The highest BCUT2D eigenvalue weighted by Gasteiger charge is 2.07. The summed E-state index contributed by atoms with van der Waals surface area (Å²) in [6, 6.07) is 8.76. The van der Waals surface area contributed by atoms with Gasteiger partial charge in [0.2, 0.25) is 0 Å². The summed E-state index contributed by atoms with van der Waals surface area (Å²) in [5.74, 6) is 1.94. The van der Waals surface area contributed by atoms with Gasteiger partial charge >= 0.3 is 5.69 Å². The van der Waals surface area contributed by atoms with Gasteiger partial charge in [0.15, 0.2) is 0 Å². The Morgan fingerprint density at radius 1 is 1.00 bits per heavy atom. The molecule has 2 rings (SSSR count). The van der Waals surface area contributed by atoms with E-state index in [1.54, 1.807) is 7.05 Å². The number of aromatic nitrogens is 2. The minimum Gasteiger partial charge on any atom is -0.494 e. The number of aliphatic hydroxyl groups excluding tert-OH is 1. The zero-order valence-corrected chi connectivity index (χ0v) is 18.6. The van der Waals surface area contributed by atoms with E-state index in [4.69, 9.17) is 9.47 Å². The normalized spacial score (nSPS) is 11.9. The van der Waals surface area contributed by atoms with Gasteiger partial charge in [-0.05, 0) is 30.7 Å². The second-order valence-corrected chi connectivity index (χ2v) is 7.39. The molecule has 0 amide bonds. The zero-order valence-electron chi connectivity index (χ0n) is 18.6. The molecule has 1 heterocycles. The van der Waals surface area contributed by atoms with Gasteiger partial charge in [-0.15, -0.1) is 0 Å². The number of hydrogen-bond donors (Lipinski definition) is 3. The van der Waals surface area contributed by atoms with Crippen molar-refractivity contribution in [1.82, 2.24) is 14.5 Å². The molecule has 1 unspecified atom stereocenters. The lowest BCUT2D eigenvalue weighted by atomic mass is 10.3. The Morgan fingerprint density at radius 2 is 1.68 bits per heavy atom. The Morgan fingerprint density at radius 3 is 2.35 bits per heavy atom. The van der Waals surface area contributed by atoms with E-state index in [1.165, 1.54) is 24.1 Å². The topological polar surface area (TPSA) is 107 Å². The van der Waals surface area contributed by atoms with Crippen molar-refractivity contribution < 1.29 is 14.6 Å². The molecule has 0 bridgehead atoms. The molecule has 0 spiro atoms. The molecule has 0 saturated carbocycles. The molecule has 9 heteroatoms. The molecule has 0 fully saturated rings. The van der Waals surface area contributed by atoms with Crippen molar-refractivity contribution in [3.63, 3.8) is 0 Å². The van der Waals surface area contributed by atoms with E-state index in [2.05, 4.69) is 17.6 Å². The van der Waals surface area contributed by atoms with Gasteiger partial charge in [-0.1, -0.05) is 19.8 Å². The Labute approximate surface area is 182 Å². The number of ether oxygens (including phenoxy) is 2. The molecule has 9 nitrogen and oxygen atoms in total. The van der Waals surface area contributed by atoms with Gasteiger partial charge in [0.25, 0.3) is 5.56 Å². The molecule has 0 aliphatic rings. The van der Waals surface area contributed by atoms with Crippen molar-refractivity contribution in [2.75, 3.05) is 38.2 Å². The monoisotopic (exact) mass is 434 g/mol. The van der Waals surface area contributed by atoms with Crippen LogP contribution in [0.25, 0.3) is 0 Å². The van der Waals surface area contributed by atoms with Crippen LogP contribution in [0, 0.1) is 0 Å². The minimum absolute atomic E-state index is 0.167. The molecule has 1 atom stereocenters. The number of hydrogen-bond acceptors (Lipinski definition) is 7. The third-order valence-electron chi connectivity index (χ3n) is 4.80. The first-order chi connectivity index (χ1) is 14.9. The maximum Gasteiger partial charge on any atom is 0.332 e. The van der Waals surface area contributed by atoms with Crippen LogP contribution in [0.4, 0.5) is 5.82 Å². The summed E-state index contributed by atoms with van der Waals surface area (Å²) in [7, 11) is 3.04. The number of rotatable bonds is 14. The number of nitrogens with one attached hydrogen (secondary N) is 2. The highest BCUT2D eigenvalue weighted by molar-refractivity contribution is 5.33. The van der Waals surface area contributed by atoms with E-state index in [9.17, 15) is 14.7 Å². The van der Waals surface area contributed by atoms with Crippen LogP contribution in [0.2, 0.25) is 0 Å². The Bertz CT molecular complexity index is 908. The smallest absolute Gasteiger partial charge is 0.332 e. The summed E-state index contributed by atoms with van der Waals surface area (Å²) < 4.78 is 13.7. The molecule has 1 aromatic carbocycles. The first-order valence-corrected chi connectivity index (χ1v) is 10.7. The summed E-state index contributed by atoms with van der Waals surface area (Å²) in [4.78, 5) is 23.6. The second-order valence-electron chi connectivity index (χ2n) is 7.39. The third kappa shape index (κ3) is 8.10. The third-order valence-corrected chi connectivity index (χ3v) is 4.80. The number of benzene rings is 1. The summed E-state index contributed by atoms with van der Waals surface area (Å²) in [5, 5.41) is 16.2. The van der Waals surface area contributed by atoms with Gasteiger partial charge in [0.1, 0.15) is 30.0 Å². The molecular formula is C22H34N4O5. The molecule has 0 saturated heterocycles. The van der Waals surface area contributed by atoms with Crippen molar-refractivity contribution in [3.8, 4) is 11.5 Å². The predicted molar refractivity (Wildman–Crippen MR) is 121 cm³/mol. The van der Waals surface area contributed by atoms with Crippen molar-refractivity contribution in [1.29, 1.82) is 0 Å². The van der Waals surface area contributed by atoms with Crippen molar-refractivity contribution in [3.05, 3.63) is 51.2 Å². The molecule has 0 radical (unpaired) electrons. The standard InChI is InChI=1S/C22H34N4O5/c1-4-5-6-13-30-18-7-9-19(10-8-18)31-16-17(27)15-23-11-12-24-20-14-21(28)26(3)22(29)25(20)2/h7-10,14,17,23-24,27H,4-6,11-13,15-16H2,1-3H3. The van der Waals surface area contributed by atoms with Crippen LogP contribution in [-0.2, 0) is 14.1 Å². The molecule has 2 aromatic rings. The van der Waals surface area contributed by atoms with Crippen molar-refractivity contribution >= 4 is 5.82 Å². The summed E-state index contributed by atoms with van der Waals surface area (Å²) in [6.07, 6.45) is 2.71. The molecule has 1 aromatic heterocycles. The largest absolute Gasteiger partial charge is 0.494 e. The van der Waals surface area contributed by atoms with Crippen molar-refractivity contribution in [2.45, 2.75) is 32.3 Å². The van der Waals surface area contributed by atoms with Crippen LogP contribution in [-0.4, -0.2) is 53.2 Å². The van der Waals surface area contributed by atoms with Crippen molar-refractivity contribution in [2.24, 2.45) is 14.1 Å². The average Bonchev–Trinajstić information content (AvgIpc) is 2.77. The van der Waals surface area contributed by atoms with E-state index in [1.807, 2.05) is 24.3 Å². The van der Waals surface area contributed by atoms with Gasteiger partial charge in [0.05, 0.1) is 6.61 Å². The van der Waals surface area contributed by atoms with Crippen LogP contribution < -0.4 is 31.4 Å². The van der Waals surface area contributed by atoms with E-state index in [-0.39, 0.29) is 17.9 Å². The highest BCUT2D eigenvalue weighted by Crippen LogP contribution is 2.18. The van der Waals surface area contributed by atoms with Crippen LogP contribution >= 0.6 is 0 Å². The number of anilines is 1. The van der Waals surface area contributed by atoms with E-state index < -0.39 is 6.10 Å². The van der Waals surface area contributed by atoms with Gasteiger partial charge in [0, 0.05) is 39.8 Å². The molecule has 0 aliphatic heterocycles. The summed E-state index contributed by atoms with van der Waals surface area (Å²) in [6.45, 7) is 4.44. The first-order valence-electron chi connectivity index (χ1n) is 10.7. The van der Waals surface area contributed by atoms with Gasteiger partial charge in [-0.3, -0.25) is 13.9 Å². The minimum atomic E-state index is -0.668. The van der Waals surface area contributed by atoms with E-state index in [0.717, 1.165) is 23.2 Å². The number of aliphatic hydroxyl groups is 1. The fourth-order valence-corrected chi connectivity index (χ4v) is 2.88. The van der Waals surface area contributed by atoms with E-state index >= 15 is 0 Å². The van der Waals surface area contributed by atoms with Crippen LogP contribution in [0.3, 0.4) is 0 Å². The fraction of sp³-hybridized carbons (Fsp3) is 0.545. The molecule has 172 valence electrons. The predicted octanol–water partition coefficient (Wildman–Crippen LogP) is 1.09. The average molecular weight is 435 g/mol. The summed E-state index contributed by atoms with van der Waals surface area (Å²) in [5.41, 5.74) is -0.742. The number of unbranched alkanes of at least 4 members (excludes halogenated alkanes) is 2. The Hall–Kier alpha value is -2.78. The molecule has 3 N–H and O–H groups in total. The lowest BCUT2D eigenvalue weighted by Gasteiger charge is -2.15. The zero-order chi connectivity index (χ0) is 22.6. The quantitative estimate of drug-likeness (QED) is 0.382. The van der Waals surface area contributed by atoms with Crippen LogP contribution in [0.5, 0.6) is 11.5 Å². The molecular weight excluding hydrogens is 400 g/mol. The lowest BCUT2D eigenvalue weighted by molar-refractivity contribution is 0.107. The Kier molecular flexibility index (Phi) is 10.1. The SMILES string of the molecule is CCCCCOc1ccc(OCC(O)CNCCNc2cc(=O)n(C)c(=O)n2C)cc1. The van der Waals surface area contributed by atoms with Gasteiger partial charge in [-0.2, -0.15) is 0 Å².